The van der Waals surface area contributed by atoms with E-state index in [9.17, 15) is 18.0 Å². The summed E-state index contributed by atoms with van der Waals surface area (Å²) in [5.41, 5.74) is 2.76. The van der Waals surface area contributed by atoms with Gasteiger partial charge in [0.15, 0.2) is 0 Å². The molecule has 2 aromatic heterocycles. The molecule has 0 aliphatic heterocycles. The molecule has 8 heteroatoms. The van der Waals surface area contributed by atoms with Gasteiger partial charge in [-0.05, 0) is 66.5 Å². The Hall–Kier alpha value is -2.61. The van der Waals surface area contributed by atoms with Crippen molar-refractivity contribution >= 4 is 27.4 Å². The normalized spacial score (nSPS) is 13.9. The van der Waals surface area contributed by atoms with Crippen LogP contribution in [0.3, 0.4) is 0 Å². The zero-order valence-electron chi connectivity index (χ0n) is 23.1. The molecule has 2 atom stereocenters. The van der Waals surface area contributed by atoms with Crippen molar-refractivity contribution < 1.29 is 27.4 Å². The Bertz CT molecular complexity index is 1230. The highest BCUT2D eigenvalue weighted by atomic mass is 32.1. The van der Waals surface area contributed by atoms with E-state index in [1.807, 2.05) is 39.8 Å². The zero-order valence-corrected chi connectivity index (χ0v) is 23.9. The van der Waals surface area contributed by atoms with Crippen LogP contribution >= 0.6 is 11.3 Å². The van der Waals surface area contributed by atoms with Crippen molar-refractivity contribution in [3.8, 4) is 16.2 Å². The van der Waals surface area contributed by atoms with Crippen LogP contribution in [-0.2, 0) is 22.4 Å². The van der Waals surface area contributed by atoms with Gasteiger partial charge < -0.3 is 9.47 Å². The summed E-state index contributed by atoms with van der Waals surface area (Å²) in [6, 6.07) is 11.5. The van der Waals surface area contributed by atoms with Crippen LogP contribution in [-0.4, -0.2) is 30.3 Å². The second-order valence-corrected chi connectivity index (χ2v) is 11.8. The van der Waals surface area contributed by atoms with Crippen molar-refractivity contribution in [1.82, 2.24) is 4.98 Å². The Balaban J connectivity index is 1.73. The summed E-state index contributed by atoms with van der Waals surface area (Å²) in [7, 11) is 0. The van der Waals surface area contributed by atoms with Crippen molar-refractivity contribution in [2.75, 3.05) is 13.2 Å². The fourth-order valence-corrected chi connectivity index (χ4v) is 5.52. The SMILES string of the molecule is CCCC(C(=O)OCC(COc1ccc2cc(-c3ccc(CC)nc3CC)sc2c1)C(F)(F)F)C(C)(C)C. The maximum atomic E-state index is 13.8. The number of esters is 1. The van der Waals surface area contributed by atoms with E-state index >= 15 is 0 Å². The standard InChI is InChI=1S/C30H38F3NO3S/c1-7-10-24(29(4,5)6)28(35)37-18-20(30(31,32)33)17-36-22-13-11-19-15-27(38-26(19)16-22)23-14-12-21(8-2)34-25(23)9-3/h11-16,20,24H,7-10,17-18H2,1-6H3. The summed E-state index contributed by atoms with van der Waals surface area (Å²) in [6.45, 7) is 10.4. The molecule has 0 N–H and O–H groups in total. The van der Waals surface area contributed by atoms with Crippen LogP contribution in [0.25, 0.3) is 20.5 Å². The maximum Gasteiger partial charge on any atom is 0.398 e. The number of hydrogen-bond acceptors (Lipinski definition) is 5. The van der Waals surface area contributed by atoms with E-state index in [4.69, 9.17) is 14.5 Å². The van der Waals surface area contributed by atoms with Gasteiger partial charge in [0.1, 0.15) is 24.9 Å². The number of carbonyl (C=O) groups excluding carboxylic acids is 1. The molecule has 1 aromatic carbocycles. The van der Waals surface area contributed by atoms with Gasteiger partial charge in [-0.2, -0.15) is 13.2 Å². The minimum atomic E-state index is -4.56. The largest absolute Gasteiger partial charge is 0.493 e. The average Bonchev–Trinajstić information content (AvgIpc) is 3.28. The highest BCUT2D eigenvalue weighted by Gasteiger charge is 2.42. The van der Waals surface area contributed by atoms with Gasteiger partial charge in [0.25, 0.3) is 0 Å². The predicted molar refractivity (Wildman–Crippen MR) is 148 cm³/mol. The highest BCUT2D eigenvalue weighted by Crippen LogP contribution is 2.37. The predicted octanol–water partition coefficient (Wildman–Crippen LogP) is 8.65. The molecule has 2 unspecified atom stereocenters. The van der Waals surface area contributed by atoms with E-state index in [2.05, 4.69) is 26.0 Å². The van der Waals surface area contributed by atoms with Gasteiger partial charge in [0, 0.05) is 26.5 Å². The highest BCUT2D eigenvalue weighted by molar-refractivity contribution is 7.22. The quantitative estimate of drug-likeness (QED) is 0.225. The summed E-state index contributed by atoms with van der Waals surface area (Å²) in [4.78, 5) is 18.4. The molecule has 0 aliphatic carbocycles. The molecule has 3 rings (SSSR count). The lowest BCUT2D eigenvalue weighted by molar-refractivity contribution is -0.199. The number of halogens is 3. The summed E-state index contributed by atoms with van der Waals surface area (Å²) in [5, 5.41) is 0.990. The Morgan fingerprint density at radius 1 is 1.00 bits per heavy atom. The first-order valence-corrected chi connectivity index (χ1v) is 14.1. The molecular weight excluding hydrogens is 511 g/mol. The van der Waals surface area contributed by atoms with Crippen LogP contribution in [0.2, 0.25) is 0 Å². The third kappa shape index (κ3) is 7.49. The minimum absolute atomic E-state index is 0.347. The number of ether oxygens (including phenoxy) is 2. The third-order valence-corrected chi connectivity index (χ3v) is 7.87. The van der Waals surface area contributed by atoms with Gasteiger partial charge in [0.05, 0.1) is 5.92 Å². The van der Waals surface area contributed by atoms with Crippen LogP contribution in [0.1, 0.15) is 65.8 Å². The summed E-state index contributed by atoms with van der Waals surface area (Å²) in [5.74, 6) is -2.62. The van der Waals surface area contributed by atoms with Gasteiger partial charge in [-0.1, -0.05) is 48.0 Å². The number of benzene rings is 1. The Morgan fingerprint density at radius 3 is 2.34 bits per heavy atom. The first-order valence-electron chi connectivity index (χ1n) is 13.3. The van der Waals surface area contributed by atoms with E-state index < -0.39 is 42.6 Å². The molecule has 0 amide bonds. The van der Waals surface area contributed by atoms with E-state index in [-0.39, 0.29) is 0 Å². The topological polar surface area (TPSA) is 48.4 Å². The number of pyridine rings is 1. The Morgan fingerprint density at radius 2 is 1.74 bits per heavy atom. The summed E-state index contributed by atoms with van der Waals surface area (Å²) >= 11 is 1.56. The molecule has 4 nitrogen and oxygen atoms in total. The van der Waals surface area contributed by atoms with Crippen molar-refractivity contribution in [3.63, 3.8) is 0 Å². The first-order chi connectivity index (χ1) is 17.9. The van der Waals surface area contributed by atoms with Crippen LogP contribution in [0.5, 0.6) is 5.75 Å². The second-order valence-electron chi connectivity index (χ2n) is 10.7. The summed E-state index contributed by atoms with van der Waals surface area (Å²) in [6.07, 6.45) is -1.57. The van der Waals surface area contributed by atoms with Crippen molar-refractivity contribution in [1.29, 1.82) is 0 Å². The monoisotopic (exact) mass is 549 g/mol. The molecule has 0 saturated heterocycles. The van der Waals surface area contributed by atoms with Crippen LogP contribution in [0, 0.1) is 17.3 Å². The number of carbonyl (C=O) groups is 1. The molecule has 0 fully saturated rings. The minimum Gasteiger partial charge on any atom is -0.493 e. The maximum absolute atomic E-state index is 13.8. The number of hydrogen-bond donors (Lipinski definition) is 0. The van der Waals surface area contributed by atoms with Crippen LogP contribution in [0.15, 0.2) is 36.4 Å². The van der Waals surface area contributed by atoms with Crippen molar-refractivity contribution in [2.45, 2.75) is 73.4 Å². The molecule has 0 bridgehead atoms. The van der Waals surface area contributed by atoms with Gasteiger partial charge >= 0.3 is 12.1 Å². The molecule has 0 spiro atoms. The fraction of sp³-hybridized carbons (Fsp3) is 0.533. The molecule has 38 heavy (non-hydrogen) atoms. The molecule has 208 valence electrons. The number of rotatable bonds is 11. The molecule has 2 heterocycles. The summed E-state index contributed by atoms with van der Waals surface area (Å²) < 4.78 is 52.9. The lowest BCUT2D eigenvalue weighted by Gasteiger charge is -2.29. The third-order valence-electron chi connectivity index (χ3n) is 6.73. The molecule has 0 radical (unpaired) electrons. The fourth-order valence-electron chi connectivity index (χ4n) is 4.38. The van der Waals surface area contributed by atoms with Gasteiger partial charge in [-0.15, -0.1) is 11.3 Å². The second kappa shape index (κ2) is 12.5. The van der Waals surface area contributed by atoms with Gasteiger partial charge in [0.2, 0.25) is 0 Å². The molecule has 3 aromatic rings. The van der Waals surface area contributed by atoms with Crippen LogP contribution < -0.4 is 4.74 Å². The van der Waals surface area contributed by atoms with Crippen molar-refractivity contribution in [3.05, 3.63) is 47.8 Å². The number of fused-ring (bicyclic) bond motifs is 1. The van der Waals surface area contributed by atoms with E-state index in [1.165, 1.54) is 0 Å². The Labute approximate surface area is 227 Å². The zero-order chi connectivity index (χ0) is 28.1. The lowest BCUT2D eigenvalue weighted by atomic mass is 9.78. The molecular formula is C30H38F3NO3S. The van der Waals surface area contributed by atoms with Gasteiger partial charge in [-0.25, -0.2) is 0 Å². The Kier molecular flexibility index (Phi) is 9.85. The molecule has 0 saturated carbocycles. The number of aromatic nitrogens is 1. The number of nitrogens with zero attached hydrogens (tertiary/aromatic N) is 1. The van der Waals surface area contributed by atoms with E-state index in [0.29, 0.717) is 12.2 Å². The van der Waals surface area contributed by atoms with Crippen molar-refractivity contribution in [2.24, 2.45) is 17.3 Å². The van der Waals surface area contributed by atoms with Gasteiger partial charge in [-0.3, -0.25) is 9.78 Å². The lowest BCUT2D eigenvalue weighted by Crippen LogP contribution is -2.36. The first kappa shape index (κ1) is 29.9. The number of thiophene rings is 1. The average molecular weight is 550 g/mol. The van der Waals surface area contributed by atoms with Crippen LogP contribution in [0.4, 0.5) is 13.2 Å². The number of alkyl halides is 3. The van der Waals surface area contributed by atoms with E-state index in [1.54, 1.807) is 23.5 Å². The van der Waals surface area contributed by atoms with E-state index in [0.717, 1.165) is 51.2 Å². The smallest absolute Gasteiger partial charge is 0.398 e. The molecule has 0 aliphatic rings. The number of aryl methyl sites for hydroxylation is 2.